The number of esters is 1. The summed E-state index contributed by atoms with van der Waals surface area (Å²) in [5.74, 6) is -0.0878. The summed E-state index contributed by atoms with van der Waals surface area (Å²) in [4.78, 5) is 10.8. The molecule has 0 bridgehead atoms. The first-order chi connectivity index (χ1) is 8.31. The largest absolute Gasteiger partial charge is 0.469 e. The zero-order chi connectivity index (χ0) is 12.8. The van der Waals surface area contributed by atoms with Crippen LogP contribution in [0.25, 0.3) is 0 Å². The molecule has 0 aromatic rings. The quantitative estimate of drug-likeness (QED) is 0.303. The first-order valence-electron chi connectivity index (χ1n) is 6.64. The summed E-state index contributed by atoms with van der Waals surface area (Å²) in [6.07, 6.45) is 16.2. The minimum Gasteiger partial charge on any atom is -0.469 e. The van der Waals surface area contributed by atoms with Crippen LogP contribution in [0.2, 0.25) is 0 Å². The van der Waals surface area contributed by atoms with Crippen LogP contribution in [0.3, 0.4) is 0 Å². The Bertz CT molecular complexity index is 219. The molecule has 0 fully saturated rings. The number of hydrogen-bond acceptors (Lipinski definition) is 2. The standard InChI is InChI=1S/C15H26O2/c1-3-4-5-6-7-8-9-10-11-12-13-14-15(16)17-2/h3,6-7H,1,4-5,8-14H2,2H3/b7-6+. The molecule has 0 saturated heterocycles. The van der Waals surface area contributed by atoms with Crippen molar-refractivity contribution in [2.75, 3.05) is 7.11 Å². The van der Waals surface area contributed by atoms with Gasteiger partial charge in [0, 0.05) is 6.42 Å². The van der Waals surface area contributed by atoms with Crippen LogP contribution in [0.5, 0.6) is 0 Å². The average Bonchev–Trinajstić information content (AvgIpc) is 2.35. The van der Waals surface area contributed by atoms with E-state index in [1.165, 1.54) is 32.8 Å². The number of hydrogen-bond donors (Lipinski definition) is 0. The fourth-order valence-corrected chi connectivity index (χ4v) is 1.61. The lowest BCUT2D eigenvalue weighted by Gasteiger charge is -2.00. The summed E-state index contributed by atoms with van der Waals surface area (Å²) in [5, 5.41) is 0. The fraction of sp³-hybridized carbons (Fsp3) is 0.667. The predicted molar refractivity (Wildman–Crippen MR) is 72.9 cm³/mol. The van der Waals surface area contributed by atoms with E-state index in [0.29, 0.717) is 6.42 Å². The third-order valence-corrected chi connectivity index (χ3v) is 2.68. The summed E-state index contributed by atoms with van der Waals surface area (Å²) in [6.45, 7) is 3.69. The van der Waals surface area contributed by atoms with Gasteiger partial charge in [0.25, 0.3) is 0 Å². The highest BCUT2D eigenvalue weighted by atomic mass is 16.5. The molecule has 0 aromatic carbocycles. The summed E-state index contributed by atoms with van der Waals surface area (Å²) >= 11 is 0. The highest BCUT2D eigenvalue weighted by molar-refractivity contribution is 5.68. The van der Waals surface area contributed by atoms with Gasteiger partial charge in [-0.25, -0.2) is 0 Å². The minimum absolute atomic E-state index is 0.0878. The third-order valence-electron chi connectivity index (χ3n) is 2.68. The van der Waals surface area contributed by atoms with E-state index in [9.17, 15) is 4.79 Å². The van der Waals surface area contributed by atoms with Crippen LogP contribution < -0.4 is 0 Å². The van der Waals surface area contributed by atoms with Gasteiger partial charge in [0.1, 0.15) is 0 Å². The van der Waals surface area contributed by atoms with Gasteiger partial charge < -0.3 is 4.74 Å². The molecule has 2 nitrogen and oxygen atoms in total. The van der Waals surface area contributed by atoms with E-state index < -0.39 is 0 Å². The van der Waals surface area contributed by atoms with Crippen LogP contribution in [0.1, 0.15) is 57.8 Å². The molecule has 0 saturated carbocycles. The second-order valence-electron chi connectivity index (χ2n) is 4.22. The predicted octanol–water partition coefficient (Wildman–Crippen LogP) is 4.41. The SMILES string of the molecule is C=CCC/C=C/CCCCCCCC(=O)OC. The van der Waals surface area contributed by atoms with Crippen molar-refractivity contribution in [1.82, 2.24) is 0 Å². The Balaban J connectivity index is 3.10. The van der Waals surface area contributed by atoms with Crippen molar-refractivity contribution in [2.45, 2.75) is 57.8 Å². The molecule has 0 heterocycles. The normalized spacial score (nSPS) is 10.6. The van der Waals surface area contributed by atoms with Crippen molar-refractivity contribution in [3.8, 4) is 0 Å². The molecule has 0 aliphatic heterocycles. The summed E-state index contributed by atoms with van der Waals surface area (Å²) < 4.78 is 4.59. The maximum atomic E-state index is 10.8. The number of ether oxygens (including phenoxy) is 1. The molecule has 0 unspecified atom stereocenters. The molecular weight excluding hydrogens is 212 g/mol. The fourth-order valence-electron chi connectivity index (χ4n) is 1.61. The number of methoxy groups -OCH3 is 1. The zero-order valence-electron chi connectivity index (χ0n) is 11.1. The van der Waals surface area contributed by atoms with Gasteiger partial charge in [0.2, 0.25) is 0 Å². The average molecular weight is 238 g/mol. The lowest BCUT2D eigenvalue weighted by atomic mass is 10.1. The second-order valence-corrected chi connectivity index (χ2v) is 4.22. The molecule has 0 rings (SSSR count). The molecule has 98 valence electrons. The van der Waals surface area contributed by atoms with Gasteiger partial charge >= 0.3 is 5.97 Å². The molecule has 0 spiro atoms. The Morgan fingerprint density at radius 3 is 2.35 bits per heavy atom. The van der Waals surface area contributed by atoms with Crippen molar-refractivity contribution in [2.24, 2.45) is 0 Å². The van der Waals surface area contributed by atoms with E-state index in [4.69, 9.17) is 0 Å². The van der Waals surface area contributed by atoms with Gasteiger partial charge in [-0.1, -0.05) is 37.5 Å². The molecule has 0 aliphatic rings. The van der Waals surface area contributed by atoms with Crippen molar-refractivity contribution in [3.05, 3.63) is 24.8 Å². The van der Waals surface area contributed by atoms with Crippen molar-refractivity contribution in [1.29, 1.82) is 0 Å². The number of unbranched alkanes of at least 4 members (excludes halogenated alkanes) is 6. The minimum atomic E-state index is -0.0878. The summed E-state index contributed by atoms with van der Waals surface area (Å²) in [6, 6.07) is 0. The first kappa shape index (κ1) is 16.0. The lowest BCUT2D eigenvalue weighted by Crippen LogP contribution is -1.98. The summed E-state index contributed by atoms with van der Waals surface area (Å²) in [5.41, 5.74) is 0. The molecule has 0 aromatic heterocycles. The van der Waals surface area contributed by atoms with Crippen LogP contribution >= 0.6 is 0 Å². The molecule has 2 heteroatoms. The maximum Gasteiger partial charge on any atom is 0.305 e. The highest BCUT2D eigenvalue weighted by Crippen LogP contribution is 2.08. The van der Waals surface area contributed by atoms with Gasteiger partial charge in [-0.3, -0.25) is 4.79 Å². The summed E-state index contributed by atoms with van der Waals surface area (Å²) in [7, 11) is 1.45. The van der Waals surface area contributed by atoms with Crippen LogP contribution in [0, 0.1) is 0 Å². The van der Waals surface area contributed by atoms with E-state index in [1.807, 2.05) is 6.08 Å². The van der Waals surface area contributed by atoms with Crippen LogP contribution in [0.4, 0.5) is 0 Å². The van der Waals surface area contributed by atoms with E-state index in [1.54, 1.807) is 0 Å². The van der Waals surface area contributed by atoms with Gasteiger partial charge in [-0.05, 0) is 32.1 Å². The van der Waals surface area contributed by atoms with Gasteiger partial charge in [-0.15, -0.1) is 6.58 Å². The van der Waals surface area contributed by atoms with E-state index in [2.05, 4.69) is 23.5 Å². The third kappa shape index (κ3) is 12.9. The first-order valence-corrected chi connectivity index (χ1v) is 6.64. The van der Waals surface area contributed by atoms with Crippen LogP contribution in [0.15, 0.2) is 24.8 Å². The zero-order valence-corrected chi connectivity index (χ0v) is 11.1. The molecule has 0 amide bonds. The molecule has 0 aliphatic carbocycles. The number of rotatable bonds is 11. The molecule has 0 N–H and O–H groups in total. The van der Waals surface area contributed by atoms with E-state index in [-0.39, 0.29) is 5.97 Å². The highest BCUT2D eigenvalue weighted by Gasteiger charge is 1.98. The monoisotopic (exact) mass is 238 g/mol. The Labute approximate surface area is 106 Å². The van der Waals surface area contributed by atoms with Gasteiger partial charge in [0.05, 0.1) is 7.11 Å². The van der Waals surface area contributed by atoms with E-state index >= 15 is 0 Å². The Morgan fingerprint density at radius 2 is 1.65 bits per heavy atom. The van der Waals surface area contributed by atoms with Crippen molar-refractivity contribution < 1.29 is 9.53 Å². The van der Waals surface area contributed by atoms with Crippen LogP contribution in [-0.4, -0.2) is 13.1 Å². The molecule has 17 heavy (non-hydrogen) atoms. The van der Waals surface area contributed by atoms with E-state index in [0.717, 1.165) is 25.7 Å². The second kappa shape index (κ2) is 13.0. The van der Waals surface area contributed by atoms with Crippen LogP contribution in [-0.2, 0) is 9.53 Å². The molecule has 0 radical (unpaired) electrons. The Hall–Kier alpha value is -1.05. The number of carbonyl (C=O) groups is 1. The van der Waals surface area contributed by atoms with Crippen molar-refractivity contribution >= 4 is 5.97 Å². The Morgan fingerprint density at radius 1 is 1.00 bits per heavy atom. The lowest BCUT2D eigenvalue weighted by molar-refractivity contribution is -0.140. The Kier molecular flexibility index (Phi) is 12.2. The maximum absolute atomic E-state index is 10.8. The molecule has 0 atom stereocenters. The number of allylic oxidation sites excluding steroid dienone is 3. The topological polar surface area (TPSA) is 26.3 Å². The van der Waals surface area contributed by atoms with Gasteiger partial charge in [-0.2, -0.15) is 0 Å². The smallest absolute Gasteiger partial charge is 0.305 e. The molecular formula is C15H26O2. The van der Waals surface area contributed by atoms with Crippen molar-refractivity contribution in [3.63, 3.8) is 0 Å². The number of carbonyl (C=O) groups excluding carboxylic acids is 1. The van der Waals surface area contributed by atoms with Gasteiger partial charge in [0.15, 0.2) is 0 Å².